The van der Waals surface area contributed by atoms with Crippen molar-refractivity contribution in [1.29, 1.82) is 0 Å². The van der Waals surface area contributed by atoms with E-state index in [1.54, 1.807) is 0 Å². The molecule has 0 aromatic heterocycles. The number of rotatable bonds is 0. The molecule has 0 bridgehead atoms. The maximum atomic E-state index is 3.60. The highest BCUT2D eigenvalue weighted by Gasteiger charge is 2.59. The molecule has 4 fully saturated rings. The fourth-order valence-electron chi connectivity index (χ4n) is 7.71. The molecule has 0 nitrogen and oxygen atoms in total. The Hall–Kier alpha value is -0.440. The Morgan fingerprint density at radius 1 is 0.750 bits per heavy atom. The maximum Gasteiger partial charge on any atom is 0.0259 e. The monoisotopic (exact) mass is 328 g/mol. The second-order valence-corrected chi connectivity index (χ2v) is 9.47. The largest absolute Gasteiger partial charge is 0.106 e. The molecule has 0 N–H and O–H groups in total. The summed E-state index contributed by atoms with van der Waals surface area (Å²) in [6, 6.07) is 0. The lowest BCUT2D eigenvalue weighted by Crippen LogP contribution is -2.52. The molecule has 0 radical (unpaired) electrons. The van der Waals surface area contributed by atoms with Crippen LogP contribution in [0.1, 0.15) is 98.8 Å². The summed E-state index contributed by atoms with van der Waals surface area (Å²) in [5, 5.41) is 0. The topological polar surface area (TPSA) is 0 Å². The van der Waals surface area contributed by atoms with Crippen LogP contribution in [0.4, 0.5) is 0 Å². The molecule has 0 aliphatic heterocycles. The molecule has 7 atom stereocenters. The molecule has 0 heterocycles. The molecule has 24 heavy (non-hydrogen) atoms. The van der Waals surface area contributed by atoms with E-state index in [1.807, 2.05) is 20.8 Å². The molecule has 0 spiro atoms. The highest BCUT2D eigenvalue weighted by molar-refractivity contribution is 5.16. The highest BCUT2D eigenvalue weighted by atomic mass is 14.6. The fourth-order valence-corrected chi connectivity index (χ4v) is 7.71. The Labute approximate surface area is 151 Å². The predicted molar refractivity (Wildman–Crippen MR) is 105 cm³/mol. The van der Waals surface area contributed by atoms with Crippen LogP contribution >= 0.6 is 0 Å². The minimum Gasteiger partial charge on any atom is -0.106 e. The van der Waals surface area contributed by atoms with Crippen LogP contribution in [0, 0.1) is 52.3 Å². The lowest BCUT2D eigenvalue weighted by molar-refractivity contribution is -0.107. The van der Waals surface area contributed by atoms with E-state index in [2.05, 4.69) is 25.7 Å². The number of hydrogen-bond donors (Lipinski definition) is 0. The Bertz CT molecular complexity index is 494. The zero-order chi connectivity index (χ0) is 17.4. The van der Waals surface area contributed by atoms with Gasteiger partial charge in [0.1, 0.15) is 0 Å². The Kier molecular flexibility index (Phi) is 5.39. The van der Waals surface area contributed by atoms with Crippen molar-refractivity contribution < 1.29 is 0 Å². The third-order valence-corrected chi connectivity index (χ3v) is 8.90. The van der Waals surface area contributed by atoms with Crippen LogP contribution in [0.3, 0.4) is 0 Å². The fraction of sp³-hybridized carbons (Fsp3) is 0.917. The average molecular weight is 329 g/mol. The normalized spacial score (nSPS) is 49.5. The third-order valence-electron chi connectivity index (χ3n) is 8.90. The number of fused-ring (bicyclic) bond motifs is 5. The summed E-state index contributed by atoms with van der Waals surface area (Å²) in [6.07, 6.45) is 15.0. The van der Waals surface area contributed by atoms with E-state index in [4.69, 9.17) is 0 Å². The molecule has 6 unspecified atom stereocenters. The molecule has 0 heteroatoms. The van der Waals surface area contributed by atoms with Crippen LogP contribution in [-0.4, -0.2) is 0 Å². The van der Waals surface area contributed by atoms with E-state index < -0.39 is 0 Å². The van der Waals surface area contributed by atoms with Gasteiger partial charge in [-0.05, 0) is 92.8 Å². The van der Waals surface area contributed by atoms with Crippen molar-refractivity contribution in [2.24, 2.45) is 40.4 Å². The van der Waals surface area contributed by atoms with Gasteiger partial charge in [-0.3, -0.25) is 0 Å². The smallest absolute Gasteiger partial charge is 0.0259 e. The Morgan fingerprint density at radius 3 is 2.25 bits per heavy atom. The standard InChI is InChI=1S/C22H34.C2H6/c1-4-7-16-10-12-19-18-11-9-17-8-5-6-14-21(17,2)20(18)13-15-22(16,19)3;1-2/h16-20H,5-6,8-15H2,1-3H3;1-2H3/t16-,17?,18?,19?,20?,21?,22?;/m0./s1. The zero-order valence-corrected chi connectivity index (χ0v) is 17.0. The van der Waals surface area contributed by atoms with Crippen molar-refractivity contribution >= 4 is 0 Å². The molecule has 4 aliphatic rings. The predicted octanol–water partition coefficient (Wildman–Crippen LogP) is 7.08. The lowest BCUT2D eigenvalue weighted by atomic mass is 9.45. The first-order valence-corrected chi connectivity index (χ1v) is 11.0. The van der Waals surface area contributed by atoms with E-state index in [0.717, 1.165) is 23.7 Å². The molecule has 0 saturated heterocycles. The molecule has 4 rings (SSSR count). The molecular formula is C24H40. The van der Waals surface area contributed by atoms with Crippen LogP contribution in [-0.2, 0) is 0 Å². The average Bonchev–Trinajstić information content (AvgIpc) is 2.93. The lowest BCUT2D eigenvalue weighted by Gasteiger charge is -2.60. The SMILES string of the molecule is CC.CC#C[C@H]1CCC2C3CCC4CCCCC4(C)C3CCC21C. The van der Waals surface area contributed by atoms with Gasteiger partial charge in [-0.25, -0.2) is 0 Å². The summed E-state index contributed by atoms with van der Waals surface area (Å²) >= 11 is 0. The van der Waals surface area contributed by atoms with Gasteiger partial charge in [-0.2, -0.15) is 0 Å². The second kappa shape index (κ2) is 7.05. The first-order valence-electron chi connectivity index (χ1n) is 11.0. The summed E-state index contributed by atoms with van der Waals surface area (Å²) in [6.45, 7) is 11.3. The van der Waals surface area contributed by atoms with Crippen molar-refractivity contribution in [3.8, 4) is 11.8 Å². The molecule has 0 aromatic carbocycles. The van der Waals surface area contributed by atoms with Gasteiger partial charge in [-0.1, -0.05) is 46.5 Å². The molecule has 4 aliphatic carbocycles. The van der Waals surface area contributed by atoms with Crippen LogP contribution in [0.25, 0.3) is 0 Å². The first-order chi connectivity index (χ1) is 11.6. The van der Waals surface area contributed by atoms with Gasteiger partial charge in [0.15, 0.2) is 0 Å². The van der Waals surface area contributed by atoms with Crippen molar-refractivity contribution in [2.75, 3.05) is 0 Å². The molecule has 4 saturated carbocycles. The van der Waals surface area contributed by atoms with Crippen LogP contribution in [0.5, 0.6) is 0 Å². The summed E-state index contributed by atoms with van der Waals surface area (Å²) in [5.41, 5.74) is 1.24. The van der Waals surface area contributed by atoms with Gasteiger partial charge < -0.3 is 0 Å². The Morgan fingerprint density at radius 2 is 1.50 bits per heavy atom. The first kappa shape index (κ1) is 18.4. The molecule has 0 amide bonds. The van der Waals surface area contributed by atoms with Gasteiger partial charge in [0.25, 0.3) is 0 Å². The van der Waals surface area contributed by atoms with Gasteiger partial charge in [-0.15, -0.1) is 5.92 Å². The van der Waals surface area contributed by atoms with Crippen molar-refractivity contribution in [2.45, 2.75) is 98.8 Å². The molecule has 136 valence electrons. The van der Waals surface area contributed by atoms with Crippen LogP contribution < -0.4 is 0 Å². The van der Waals surface area contributed by atoms with E-state index in [-0.39, 0.29) is 0 Å². The van der Waals surface area contributed by atoms with Crippen LogP contribution in [0.2, 0.25) is 0 Å². The van der Waals surface area contributed by atoms with E-state index in [0.29, 0.717) is 16.7 Å². The Balaban J connectivity index is 0.000000815. The minimum absolute atomic E-state index is 0.544. The van der Waals surface area contributed by atoms with Crippen molar-refractivity contribution in [3.63, 3.8) is 0 Å². The highest BCUT2D eigenvalue weighted by Crippen LogP contribution is 2.67. The van der Waals surface area contributed by atoms with Crippen LogP contribution in [0.15, 0.2) is 0 Å². The van der Waals surface area contributed by atoms with Crippen molar-refractivity contribution in [3.05, 3.63) is 0 Å². The zero-order valence-electron chi connectivity index (χ0n) is 17.0. The quantitative estimate of drug-likeness (QED) is 0.416. The van der Waals surface area contributed by atoms with Gasteiger partial charge in [0, 0.05) is 5.92 Å². The van der Waals surface area contributed by atoms with Crippen molar-refractivity contribution in [1.82, 2.24) is 0 Å². The van der Waals surface area contributed by atoms with E-state index in [9.17, 15) is 0 Å². The van der Waals surface area contributed by atoms with E-state index >= 15 is 0 Å². The molecular weight excluding hydrogens is 288 g/mol. The summed E-state index contributed by atoms with van der Waals surface area (Å²) in [7, 11) is 0. The second-order valence-electron chi connectivity index (χ2n) is 9.47. The van der Waals surface area contributed by atoms with E-state index in [1.165, 1.54) is 64.2 Å². The van der Waals surface area contributed by atoms with Gasteiger partial charge >= 0.3 is 0 Å². The summed E-state index contributed by atoms with van der Waals surface area (Å²) < 4.78 is 0. The van der Waals surface area contributed by atoms with Gasteiger partial charge in [0.2, 0.25) is 0 Å². The summed E-state index contributed by atoms with van der Waals surface area (Å²) in [4.78, 5) is 0. The van der Waals surface area contributed by atoms with Gasteiger partial charge in [0.05, 0.1) is 0 Å². The number of hydrogen-bond acceptors (Lipinski definition) is 0. The molecule has 0 aromatic rings. The minimum atomic E-state index is 0.544. The summed E-state index contributed by atoms with van der Waals surface area (Å²) in [5.74, 6) is 11.6. The maximum absolute atomic E-state index is 3.60. The third kappa shape index (κ3) is 2.66.